The Labute approximate surface area is 121 Å². The normalized spacial score (nSPS) is 23.7. The summed E-state index contributed by atoms with van der Waals surface area (Å²) in [6.07, 6.45) is 2.14. The number of rotatable bonds is 4. The second-order valence-corrected chi connectivity index (χ2v) is 7.41. The Kier molecular flexibility index (Phi) is 4.50. The summed E-state index contributed by atoms with van der Waals surface area (Å²) >= 11 is 3.22. The van der Waals surface area contributed by atoms with Crippen LogP contribution in [0.2, 0.25) is 0 Å². The van der Waals surface area contributed by atoms with Gasteiger partial charge in [-0.2, -0.15) is 0 Å². The number of benzene rings is 1. The first kappa shape index (κ1) is 14.8. The topological polar surface area (TPSA) is 92.4 Å². The summed E-state index contributed by atoms with van der Waals surface area (Å²) in [5.74, 6) is 0.00238. The van der Waals surface area contributed by atoms with Crippen molar-refractivity contribution in [3.05, 3.63) is 22.7 Å². The van der Waals surface area contributed by atoms with Gasteiger partial charge in [-0.25, -0.2) is 13.1 Å². The molecule has 4 N–H and O–H groups in total. The molecule has 1 aromatic carbocycles. The molecule has 1 aliphatic carbocycles. The van der Waals surface area contributed by atoms with Gasteiger partial charge in [-0.3, -0.25) is 0 Å². The van der Waals surface area contributed by atoms with Crippen LogP contribution in [0.3, 0.4) is 0 Å². The van der Waals surface area contributed by atoms with Crippen molar-refractivity contribution in [2.75, 3.05) is 12.3 Å². The lowest BCUT2D eigenvalue weighted by atomic mass is 10.1. The zero-order chi connectivity index (χ0) is 14.0. The molecule has 1 fully saturated rings. The molecular formula is C12H17BrN2O3S. The standard InChI is InChI=1S/C12H17BrN2O3S/c13-10-5-4-9(6-11(10)14)19(17,18)15-7-8-2-1-3-12(8)16/h4-6,8,12,15-16H,1-3,7,14H2. The van der Waals surface area contributed by atoms with E-state index in [1.807, 2.05) is 0 Å². The molecule has 5 nitrogen and oxygen atoms in total. The minimum atomic E-state index is -3.57. The molecule has 2 unspecified atom stereocenters. The van der Waals surface area contributed by atoms with Gasteiger partial charge in [-0.05, 0) is 52.9 Å². The highest BCUT2D eigenvalue weighted by Gasteiger charge is 2.27. The van der Waals surface area contributed by atoms with E-state index in [4.69, 9.17) is 5.73 Å². The number of hydrogen-bond acceptors (Lipinski definition) is 4. The van der Waals surface area contributed by atoms with Crippen LogP contribution in [0.25, 0.3) is 0 Å². The Morgan fingerprint density at radius 3 is 2.74 bits per heavy atom. The second-order valence-electron chi connectivity index (χ2n) is 4.79. The van der Waals surface area contributed by atoms with Gasteiger partial charge in [0.15, 0.2) is 0 Å². The number of aliphatic hydroxyl groups excluding tert-OH is 1. The third-order valence-electron chi connectivity index (χ3n) is 3.43. The van der Waals surface area contributed by atoms with Crippen LogP contribution < -0.4 is 10.5 Å². The molecule has 0 bridgehead atoms. The minimum absolute atomic E-state index is 0.00238. The van der Waals surface area contributed by atoms with E-state index >= 15 is 0 Å². The summed E-state index contributed by atoms with van der Waals surface area (Å²) < 4.78 is 27.4. The van der Waals surface area contributed by atoms with Gasteiger partial charge in [0.1, 0.15) is 0 Å². The van der Waals surface area contributed by atoms with Gasteiger partial charge >= 0.3 is 0 Å². The number of nitrogens with two attached hydrogens (primary N) is 1. The minimum Gasteiger partial charge on any atom is -0.398 e. The van der Waals surface area contributed by atoms with Gasteiger partial charge in [0.2, 0.25) is 10.0 Å². The van der Waals surface area contributed by atoms with Crippen molar-refractivity contribution < 1.29 is 13.5 Å². The zero-order valence-electron chi connectivity index (χ0n) is 10.3. The molecular weight excluding hydrogens is 332 g/mol. The monoisotopic (exact) mass is 348 g/mol. The molecule has 1 saturated carbocycles. The van der Waals surface area contributed by atoms with Crippen molar-refractivity contribution in [3.63, 3.8) is 0 Å². The Morgan fingerprint density at radius 2 is 2.16 bits per heavy atom. The fraction of sp³-hybridized carbons (Fsp3) is 0.500. The summed E-state index contributed by atoms with van der Waals surface area (Å²) in [6, 6.07) is 4.51. The van der Waals surface area contributed by atoms with E-state index in [9.17, 15) is 13.5 Å². The summed E-state index contributed by atoms with van der Waals surface area (Å²) in [5.41, 5.74) is 6.06. The predicted molar refractivity (Wildman–Crippen MR) is 77.1 cm³/mol. The summed E-state index contributed by atoms with van der Waals surface area (Å²) in [5, 5.41) is 9.68. The zero-order valence-corrected chi connectivity index (χ0v) is 12.7. The molecule has 1 aliphatic rings. The number of aliphatic hydroxyl groups is 1. The average molecular weight is 349 g/mol. The SMILES string of the molecule is Nc1cc(S(=O)(=O)NCC2CCCC2O)ccc1Br. The summed E-state index contributed by atoms with van der Waals surface area (Å²) in [6.45, 7) is 0.263. The van der Waals surface area contributed by atoms with Crippen LogP contribution in [0, 0.1) is 5.92 Å². The molecule has 106 valence electrons. The van der Waals surface area contributed by atoms with Crippen LogP contribution >= 0.6 is 15.9 Å². The van der Waals surface area contributed by atoms with E-state index < -0.39 is 16.1 Å². The lowest BCUT2D eigenvalue weighted by Gasteiger charge is -2.15. The Morgan fingerprint density at radius 1 is 1.42 bits per heavy atom. The Balaban J connectivity index is 2.07. The lowest BCUT2D eigenvalue weighted by molar-refractivity contribution is 0.134. The molecule has 0 aliphatic heterocycles. The molecule has 0 aromatic heterocycles. The first-order valence-electron chi connectivity index (χ1n) is 6.13. The third-order valence-corrected chi connectivity index (χ3v) is 5.58. The smallest absolute Gasteiger partial charge is 0.240 e. The van der Waals surface area contributed by atoms with Gasteiger partial charge in [-0.15, -0.1) is 0 Å². The van der Waals surface area contributed by atoms with Crippen LogP contribution in [-0.2, 0) is 10.0 Å². The highest BCUT2D eigenvalue weighted by molar-refractivity contribution is 9.10. The van der Waals surface area contributed by atoms with Crippen molar-refractivity contribution in [2.45, 2.75) is 30.3 Å². The van der Waals surface area contributed by atoms with Gasteiger partial charge in [-0.1, -0.05) is 6.42 Å². The number of anilines is 1. The van der Waals surface area contributed by atoms with E-state index in [0.717, 1.165) is 19.3 Å². The van der Waals surface area contributed by atoms with Gasteiger partial charge in [0.25, 0.3) is 0 Å². The van der Waals surface area contributed by atoms with E-state index in [-0.39, 0.29) is 17.4 Å². The van der Waals surface area contributed by atoms with E-state index in [1.54, 1.807) is 6.07 Å². The quantitative estimate of drug-likeness (QED) is 0.718. The fourth-order valence-corrected chi connectivity index (χ4v) is 3.62. The summed E-state index contributed by atoms with van der Waals surface area (Å²) in [7, 11) is -3.57. The van der Waals surface area contributed by atoms with Gasteiger partial charge in [0, 0.05) is 16.7 Å². The highest BCUT2D eigenvalue weighted by Crippen LogP contribution is 2.26. The highest BCUT2D eigenvalue weighted by atomic mass is 79.9. The molecule has 2 atom stereocenters. The average Bonchev–Trinajstić information content (AvgIpc) is 2.76. The number of nitrogens with one attached hydrogen (secondary N) is 1. The molecule has 19 heavy (non-hydrogen) atoms. The Bertz CT molecular complexity index is 562. The van der Waals surface area contributed by atoms with E-state index in [2.05, 4.69) is 20.7 Å². The number of hydrogen-bond donors (Lipinski definition) is 3. The number of halogens is 1. The molecule has 0 radical (unpaired) electrons. The molecule has 7 heteroatoms. The largest absolute Gasteiger partial charge is 0.398 e. The van der Waals surface area contributed by atoms with Crippen LogP contribution in [0.15, 0.2) is 27.6 Å². The van der Waals surface area contributed by atoms with Crippen molar-refractivity contribution in [1.29, 1.82) is 0 Å². The van der Waals surface area contributed by atoms with Crippen molar-refractivity contribution in [2.24, 2.45) is 5.92 Å². The van der Waals surface area contributed by atoms with Gasteiger partial charge < -0.3 is 10.8 Å². The molecule has 0 amide bonds. The lowest BCUT2D eigenvalue weighted by Crippen LogP contribution is -2.32. The molecule has 0 saturated heterocycles. The number of nitrogen functional groups attached to an aromatic ring is 1. The third kappa shape index (κ3) is 3.47. The van der Waals surface area contributed by atoms with E-state index in [1.165, 1.54) is 12.1 Å². The molecule has 2 rings (SSSR count). The van der Waals surface area contributed by atoms with Gasteiger partial charge in [0.05, 0.1) is 11.0 Å². The maximum atomic E-state index is 12.1. The fourth-order valence-electron chi connectivity index (χ4n) is 2.24. The molecule has 0 spiro atoms. The number of sulfonamides is 1. The first-order valence-corrected chi connectivity index (χ1v) is 8.40. The van der Waals surface area contributed by atoms with Crippen molar-refractivity contribution in [1.82, 2.24) is 4.72 Å². The van der Waals surface area contributed by atoms with Crippen molar-refractivity contribution in [3.8, 4) is 0 Å². The van der Waals surface area contributed by atoms with Crippen LogP contribution in [0.5, 0.6) is 0 Å². The van der Waals surface area contributed by atoms with Crippen LogP contribution in [-0.4, -0.2) is 26.2 Å². The Hall–Kier alpha value is -0.630. The first-order chi connectivity index (χ1) is 8.90. The van der Waals surface area contributed by atoms with E-state index in [0.29, 0.717) is 10.2 Å². The van der Waals surface area contributed by atoms with Crippen molar-refractivity contribution >= 4 is 31.6 Å². The molecule has 0 heterocycles. The van der Waals surface area contributed by atoms with Crippen LogP contribution in [0.4, 0.5) is 5.69 Å². The summed E-state index contributed by atoms with van der Waals surface area (Å²) in [4.78, 5) is 0.140. The maximum absolute atomic E-state index is 12.1. The van der Waals surface area contributed by atoms with Crippen LogP contribution in [0.1, 0.15) is 19.3 Å². The second kappa shape index (κ2) is 5.78. The maximum Gasteiger partial charge on any atom is 0.240 e. The molecule has 1 aromatic rings. The predicted octanol–water partition coefficient (Wildman–Crippen LogP) is 1.47.